The lowest BCUT2D eigenvalue weighted by Crippen LogP contribution is -2.41. The topological polar surface area (TPSA) is 55.4 Å². The van der Waals surface area contributed by atoms with Crippen LogP contribution in [0.1, 0.15) is 37.6 Å². The second kappa shape index (κ2) is 8.16. The number of ether oxygens (including phenoxy) is 1. The van der Waals surface area contributed by atoms with E-state index in [1.165, 1.54) is 7.11 Å². The minimum absolute atomic E-state index is 0.147. The molecule has 0 saturated carbocycles. The molecule has 0 aliphatic rings. The Labute approximate surface area is 146 Å². The van der Waals surface area contributed by atoms with E-state index < -0.39 is 20.1 Å². The molecule has 0 aromatic heterocycles. The van der Waals surface area contributed by atoms with Gasteiger partial charge in [0.1, 0.15) is 14.1 Å². The van der Waals surface area contributed by atoms with Crippen LogP contribution in [0.2, 0.25) is 18.1 Å². The van der Waals surface area contributed by atoms with Gasteiger partial charge in [0.05, 0.1) is 7.11 Å². The van der Waals surface area contributed by atoms with E-state index in [4.69, 9.17) is 4.74 Å². The molecule has 0 fully saturated rings. The summed E-state index contributed by atoms with van der Waals surface area (Å²) >= 11 is 0. The highest BCUT2D eigenvalue weighted by atomic mass is 28.3. The Morgan fingerprint density at radius 3 is 2.29 bits per heavy atom. The van der Waals surface area contributed by atoms with Gasteiger partial charge >= 0.3 is 5.97 Å². The highest BCUT2D eigenvalue weighted by molar-refractivity contribution is 6.87. The van der Waals surface area contributed by atoms with E-state index in [0.29, 0.717) is 5.56 Å². The lowest BCUT2D eigenvalue weighted by Gasteiger charge is -2.31. The summed E-state index contributed by atoms with van der Waals surface area (Å²) in [4.78, 5) is 24.2. The Morgan fingerprint density at radius 2 is 1.79 bits per heavy atom. The SMILES string of the molecule is COC(=O)[C@@H](CC#C[Si](C)(C)C(C)(C)C)NC(=O)c1ccccc1. The van der Waals surface area contributed by atoms with Gasteiger partial charge in [0, 0.05) is 12.0 Å². The van der Waals surface area contributed by atoms with Crippen molar-refractivity contribution in [2.45, 2.75) is 51.4 Å². The van der Waals surface area contributed by atoms with Crippen molar-refractivity contribution in [1.82, 2.24) is 5.32 Å². The standard InChI is InChI=1S/C19H27NO3Si/c1-19(2,3)24(5,6)14-10-13-16(18(22)23-4)20-17(21)15-11-8-7-9-12-15/h7-9,11-12,16H,13H2,1-6H3,(H,20,21)/t16-/m1/s1. The molecule has 1 amide bonds. The molecule has 1 atom stereocenters. The summed E-state index contributed by atoms with van der Waals surface area (Å²) < 4.78 is 4.79. The van der Waals surface area contributed by atoms with Gasteiger partial charge < -0.3 is 10.1 Å². The minimum atomic E-state index is -1.75. The van der Waals surface area contributed by atoms with Crippen molar-refractivity contribution in [3.05, 3.63) is 35.9 Å². The second-order valence-corrected chi connectivity index (χ2v) is 12.3. The van der Waals surface area contributed by atoms with E-state index in [1.807, 2.05) is 6.07 Å². The molecule has 1 aromatic rings. The van der Waals surface area contributed by atoms with Crippen LogP contribution < -0.4 is 5.32 Å². The van der Waals surface area contributed by atoms with E-state index in [-0.39, 0.29) is 17.4 Å². The number of methoxy groups -OCH3 is 1. The molecule has 1 N–H and O–H groups in total. The molecule has 0 heterocycles. The molecule has 1 aromatic carbocycles. The first-order valence-corrected chi connectivity index (χ1v) is 11.0. The summed E-state index contributed by atoms with van der Waals surface area (Å²) in [6.45, 7) is 11.0. The van der Waals surface area contributed by atoms with Crippen LogP contribution >= 0.6 is 0 Å². The maximum atomic E-state index is 12.2. The average Bonchev–Trinajstić information content (AvgIpc) is 2.52. The van der Waals surface area contributed by atoms with Gasteiger partial charge in [0.15, 0.2) is 0 Å². The predicted octanol–water partition coefficient (Wildman–Crippen LogP) is 3.40. The second-order valence-electron chi connectivity index (χ2n) is 7.30. The first kappa shape index (κ1) is 20.0. The van der Waals surface area contributed by atoms with Crippen molar-refractivity contribution in [3.63, 3.8) is 0 Å². The summed E-state index contributed by atoms with van der Waals surface area (Å²) in [5.74, 6) is 2.31. The molecular formula is C19H27NO3Si. The number of carbonyl (C=O) groups excluding carboxylic acids is 2. The Morgan fingerprint density at radius 1 is 1.21 bits per heavy atom. The fourth-order valence-corrected chi connectivity index (χ4v) is 2.65. The number of hydrogen-bond donors (Lipinski definition) is 1. The first-order valence-electron chi connectivity index (χ1n) is 8.02. The van der Waals surface area contributed by atoms with Gasteiger partial charge in [-0.15, -0.1) is 11.5 Å². The zero-order chi connectivity index (χ0) is 18.4. The molecular weight excluding hydrogens is 318 g/mol. The van der Waals surface area contributed by atoms with Crippen molar-refractivity contribution < 1.29 is 14.3 Å². The normalized spacial score (nSPS) is 12.6. The molecule has 5 heteroatoms. The van der Waals surface area contributed by atoms with Crippen molar-refractivity contribution in [2.24, 2.45) is 0 Å². The number of benzene rings is 1. The van der Waals surface area contributed by atoms with Crippen LogP contribution in [0.3, 0.4) is 0 Å². The van der Waals surface area contributed by atoms with Crippen LogP contribution in [-0.4, -0.2) is 33.1 Å². The molecule has 24 heavy (non-hydrogen) atoms. The van der Waals surface area contributed by atoms with E-state index in [0.717, 1.165) is 0 Å². The van der Waals surface area contributed by atoms with Gasteiger partial charge in [-0.1, -0.05) is 52.1 Å². The van der Waals surface area contributed by atoms with Crippen molar-refractivity contribution in [3.8, 4) is 11.5 Å². The van der Waals surface area contributed by atoms with E-state index >= 15 is 0 Å². The smallest absolute Gasteiger partial charge is 0.329 e. The van der Waals surface area contributed by atoms with Crippen molar-refractivity contribution in [2.75, 3.05) is 7.11 Å². The molecule has 0 aliphatic heterocycles. The van der Waals surface area contributed by atoms with Gasteiger partial charge in [-0.05, 0) is 17.2 Å². The zero-order valence-electron chi connectivity index (χ0n) is 15.4. The number of rotatable bonds is 4. The van der Waals surface area contributed by atoms with Crippen molar-refractivity contribution >= 4 is 20.0 Å². The quantitative estimate of drug-likeness (QED) is 0.517. The third-order valence-electron chi connectivity index (χ3n) is 4.41. The summed E-state index contributed by atoms with van der Waals surface area (Å²) in [6, 6.07) is 8.02. The maximum Gasteiger partial charge on any atom is 0.329 e. The summed E-state index contributed by atoms with van der Waals surface area (Å²) in [7, 11) is -0.436. The average molecular weight is 346 g/mol. The van der Waals surface area contributed by atoms with Crippen LogP contribution in [0, 0.1) is 11.5 Å². The monoisotopic (exact) mass is 345 g/mol. The van der Waals surface area contributed by atoms with Crippen molar-refractivity contribution in [1.29, 1.82) is 0 Å². The van der Waals surface area contributed by atoms with Gasteiger partial charge in [-0.2, -0.15) is 0 Å². The molecule has 1 rings (SSSR count). The van der Waals surface area contributed by atoms with E-state index in [1.54, 1.807) is 24.3 Å². The maximum absolute atomic E-state index is 12.2. The molecule has 0 bridgehead atoms. The fraction of sp³-hybridized carbons (Fsp3) is 0.474. The van der Waals surface area contributed by atoms with Gasteiger partial charge in [0.25, 0.3) is 5.91 Å². The van der Waals surface area contributed by atoms with Crippen LogP contribution in [0.4, 0.5) is 0 Å². The number of hydrogen-bond acceptors (Lipinski definition) is 3. The largest absolute Gasteiger partial charge is 0.467 e. The molecule has 0 unspecified atom stereocenters. The Bertz CT molecular complexity index is 636. The Kier molecular flexibility index (Phi) is 6.79. The lowest BCUT2D eigenvalue weighted by atomic mass is 10.1. The molecule has 0 radical (unpaired) electrons. The first-order chi connectivity index (χ1) is 11.1. The number of esters is 1. The number of carbonyl (C=O) groups is 2. The van der Waals surface area contributed by atoms with E-state index in [9.17, 15) is 9.59 Å². The summed E-state index contributed by atoms with van der Waals surface area (Å²) in [5, 5.41) is 2.86. The summed E-state index contributed by atoms with van der Waals surface area (Å²) in [5.41, 5.74) is 3.85. The molecule has 130 valence electrons. The highest BCUT2D eigenvalue weighted by Gasteiger charge is 2.33. The molecule has 0 spiro atoms. The molecule has 0 aliphatic carbocycles. The summed E-state index contributed by atoms with van der Waals surface area (Å²) in [6.07, 6.45) is 0.248. The Balaban J connectivity index is 2.85. The Hall–Kier alpha value is -2.06. The highest BCUT2D eigenvalue weighted by Crippen LogP contribution is 2.35. The predicted molar refractivity (Wildman–Crippen MR) is 99.3 cm³/mol. The molecule has 4 nitrogen and oxygen atoms in total. The third-order valence-corrected chi connectivity index (χ3v) is 8.96. The lowest BCUT2D eigenvalue weighted by molar-refractivity contribution is -0.142. The third kappa shape index (κ3) is 5.54. The minimum Gasteiger partial charge on any atom is -0.467 e. The number of nitrogens with one attached hydrogen (secondary N) is 1. The van der Waals surface area contributed by atoms with Gasteiger partial charge in [-0.25, -0.2) is 4.79 Å². The van der Waals surface area contributed by atoms with Gasteiger partial charge in [-0.3, -0.25) is 4.79 Å². The van der Waals surface area contributed by atoms with Crippen LogP contribution in [0.5, 0.6) is 0 Å². The molecule has 0 saturated heterocycles. The van der Waals surface area contributed by atoms with E-state index in [2.05, 4.69) is 50.6 Å². The van der Waals surface area contributed by atoms with Crippen LogP contribution in [0.25, 0.3) is 0 Å². The van der Waals surface area contributed by atoms with Gasteiger partial charge in [0.2, 0.25) is 0 Å². The van der Waals surface area contributed by atoms with Crippen LogP contribution in [0.15, 0.2) is 30.3 Å². The fourth-order valence-electron chi connectivity index (χ4n) is 1.73. The zero-order valence-corrected chi connectivity index (χ0v) is 16.4. The number of amides is 1. The van der Waals surface area contributed by atoms with Crippen LogP contribution in [-0.2, 0) is 9.53 Å².